The fourth-order valence-corrected chi connectivity index (χ4v) is 4.23. The van der Waals surface area contributed by atoms with Crippen molar-refractivity contribution in [2.24, 2.45) is 16.5 Å². The number of ether oxygens (including phenoxy) is 1. The molecule has 1 aromatic rings. The van der Waals surface area contributed by atoms with Gasteiger partial charge in [-0.05, 0) is 36.2 Å². The molecule has 2 amide bonds. The highest BCUT2D eigenvalue weighted by atomic mass is 28.3. The third kappa shape index (κ3) is 7.25. The molecule has 1 aliphatic heterocycles. The van der Waals surface area contributed by atoms with Crippen molar-refractivity contribution < 1.29 is 28.5 Å². The average molecular weight is 481 g/mol. The number of carbonyl (C=O) groups is 2. The molecule has 1 N–H and O–H groups in total. The van der Waals surface area contributed by atoms with Crippen LogP contribution >= 0.6 is 0 Å². The summed E-state index contributed by atoms with van der Waals surface area (Å²) in [7, 11) is -0.0306. The van der Waals surface area contributed by atoms with Crippen LogP contribution in [-0.2, 0) is 25.4 Å². The summed E-state index contributed by atoms with van der Waals surface area (Å²) < 4.78 is 11.7. The number of nitrogens with one attached hydrogen (secondary N) is 1. The summed E-state index contributed by atoms with van der Waals surface area (Å²) >= 11 is 0. The van der Waals surface area contributed by atoms with Crippen LogP contribution in [0.1, 0.15) is 26.3 Å². The number of nitrogens with zero attached hydrogens (tertiary/aromatic N) is 3. The minimum atomic E-state index is -1.52. The fraction of sp³-hybridized carbons (Fsp3) is 0.571. The van der Waals surface area contributed by atoms with E-state index in [4.69, 9.17) is 14.0 Å². The van der Waals surface area contributed by atoms with Gasteiger partial charge < -0.3 is 19.3 Å². The van der Waals surface area contributed by atoms with Crippen molar-refractivity contribution in [3.63, 3.8) is 0 Å². The molecule has 0 aromatic heterocycles. The summed E-state index contributed by atoms with van der Waals surface area (Å²) in [5.74, 6) is -0.150. The second kappa shape index (κ2) is 11.2. The number of hydrogen-bond donors (Lipinski definition) is 1. The van der Waals surface area contributed by atoms with Crippen LogP contribution in [0.15, 0.2) is 29.4 Å². The molecule has 0 aliphatic carbocycles. The molecule has 0 saturated carbocycles. The van der Waals surface area contributed by atoms with Crippen LogP contribution in [0, 0.1) is 21.4 Å². The Labute approximate surface area is 194 Å². The first-order valence-electron chi connectivity index (χ1n) is 10.7. The zero-order chi connectivity index (χ0) is 24.8. The third-order valence-corrected chi connectivity index (χ3v) is 6.01. The van der Waals surface area contributed by atoms with Crippen LogP contribution in [0.25, 0.3) is 0 Å². The van der Waals surface area contributed by atoms with Gasteiger partial charge in [0, 0.05) is 31.6 Å². The van der Waals surface area contributed by atoms with E-state index in [9.17, 15) is 19.7 Å². The minimum Gasteiger partial charge on any atom is -0.444 e. The number of amidine groups is 1. The van der Waals surface area contributed by atoms with Gasteiger partial charge in [0.25, 0.3) is 11.6 Å². The molecule has 11 nitrogen and oxygen atoms in total. The van der Waals surface area contributed by atoms with Crippen LogP contribution in [-0.4, -0.2) is 63.0 Å². The van der Waals surface area contributed by atoms with Crippen molar-refractivity contribution >= 4 is 32.6 Å². The van der Waals surface area contributed by atoms with Crippen LogP contribution in [0.4, 0.5) is 10.5 Å². The lowest BCUT2D eigenvalue weighted by Crippen LogP contribution is -2.39. The smallest absolute Gasteiger partial charge is 0.415 e. The quantitative estimate of drug-likeness (QED) is 0.343. The maximum absolute atomic E-state index is 13.0. The van der Waals surface area contributed by atoms with E-state index in [1.54, 1.807) is 0 Å². The molecule has 182 valence electrons. The normalized spacial score (nSPS) is 19.6. The molecule has 0 radical (unpaired) electrons. The van der Waals surface area contributed by atoms with E-state index in [0.717, 1.165) is 0 Å². The van der Waals surface area contributed by atoms with Gasteiger partial charge in [-0.1, -0.05) is 25.9 Å². The second-order valence-corrected chi connectivity index (χ2v) is 11.4. The molecule has 12 heteroatoms. The number of rotatable bonds is 8. The number of benzene rings is 1. The molecule has 1 fully saturated rings. The van der Waals surface area contributed by atoms with Gasteiger partial charge in [-0.15, -0.1) is 0 Å². The summed E-state index contributed by atoms with van der Waals surface area (Å²) in [6.07, 6.45) is -1.12. The number of nitro benzene ring substituents is 1. The molecule has 2 atom stereocenters. The van der Waals surface area contributed by atoms with Crippen molar-refractivity contribution in [2.75, 3.05) is 20.2 Å². The lowest BCUT2D eigenvalue weighted by atomic mass is 9.79. The summed E-state index contributed by atoms with van der Waals surface area (Å²) in [6.45, 7) is 10.2. The van der Waals surface area contributed by atoms with Crippen LogP contribution in [0.5, 0.6) is 0 Å². The van der Waals surface area contributed by atoms with Gasteiger partial charge in [0.1, 0.15) is 12.7 Å². The Hall–Kier alpha value is -2.99. The van der Waals surface area contributed by atoms with Crippen LogP contribution in [0.3, 0.4) is 0 Å². The van der Waals surface area contributed by atoms with E-state index >= 15 is 0 Å². The van der Waals surface area contributed by atoms with E-state index in [1.807, 2.05) is 13.1 Å². The molecule has 33 heavy (non-hydrogen) atoms. The highest BCUT2D eigenvalue weighted by Crippen LogP contribution is 2.37. The van der Waals surface area contributed by atoms with Gasteiger partial charge >= 0.3 is 6.09 Å². The lowest BCUT2D eigenvalue weighted by molar-refractivity contribution is -0.384. The Balaban J connectivity index is 2.23. The van der Waals surface area contributed by atoms with Crippen molar-refractivity contribution in [1.82, 2.24) is 10.2 Å². The molecule has 1 aliphatic rings. The summed E-state index contributed by atoms with van der Waals surface area (Å²) in [4.78, 5) is 41.4. The monoisotopic (exact) mass is 480 g/mol. The Morgan fingerprint density at radius 1 is 1.27 bits per heavy atom. The molecule has 2 rings (SSSR count). The van der Waals surface area contributed by atoms with Gasteiger partial charge in [-0.25, -0.2) is 4.79 Å². The topological polar surface area (TPSA) is 133 Å². The molecule has 0 spiro atoms. The van der Waals surface area contributed by atoms with E-state index in [1.165, 1.54) is 36.2 Å². The number of amides is 2. The molecular weight excluding hydrogens is 448 g/mol. The standard InChI is InChI=1S/C21H32N4O7Si/c1-21(2,3)16-11-24(19(18(16)32-33(5)6)23-31-13-17(26)22-4)20(27)30-12-14-7-9-15(10-8-14)25(28)29/h7-10,16,18,33H,11-13H2,1-6H3,(H,22,26)/b23-19+/t16-,18?/m1/s1. The van der Waals surface area contributed by atoms with Crippen LogP contribution < -0.4 is 5.32 Å². The minimum absolute atomic E-state index is 0.0434. The van der Waals surface area contributed by atoms with Crippen LogP contribution in [0.2, 0.25) is 13.1 Å². The largest absolute Gasteiger partial charge is 0.444 e. The van der Waals surface area contributed by atoms with E-state index in [0.29, 0.717) is 12.1 Å². The van der Waals surface area contributed by atoms with E-state index in [-0.39, 0.29) is 42.0 Å². The number of oxime groups is 1. The van der Waals surface area contributed by atoms with Crippen molar-refractivity contribution in [3.05, 3.63) is 39.9 Å². The fourth-order valence-electron chi connectivity index (χ4n) is 3.33. The predicted octanol–water partition coefficient (Wildman–Crippen LogP) is 2.65. The predicted molar refractivity (Wildman–Crippen MR) is 124 cm³/mol. The first-order chi connectivity index (χ1) is 15.4. The summed E-state index contributed by atoms with van der Waals surface area (Å²) in [5, 5.41) is 17.4. The van der Waals surface area contributed by atoms with Crippen molar-refractivity contribution in [1.29, 1.82) is 0 Å². The number of carbonyl (C=O) groups excluding carboxylic acids is 2. The summed E-state index contributed by atoms with van der Waals surface area (Å²) in [6, 6.07) is 5.77. The first kappa shape index (κ1) is 26.3. The number of non-ortho nitro benzene ring substituents is 1. The van der Waals surface area contributed by atoms with Gasteiger partial charge in [-0.3, -0.25) is 19.8 Å². The second-order valence-electron chi connectivity index (χ2n) is 9.06. The first-order valence-corrected chi connectivity index (χ1v) is 13.5. The lowest BCUT2D eigenvalue weighted by Gasteiger charge is -2.31. The number of nitro groups is 1. The number of hydrogen-bond acceptors (Lipinski definition) is 8. The van der Waals surface area contributed by atoms with Gasteiger partial charge in [0.2, 0.25) is 0 Å². The molecule has 1 heterocycles. The zero-order valence-electron chi connectivity index (χ0n) is 19.9. The summed E-state index contributed by atoms with van der Waals surface area (Å²) in [5.41, 5.74) is 0.360. The maximum atomic E-state index is 13.0. The maximum Gasteiger partial charge on any atom is 0.415 e. The Bertz CT molecular complexity index is 884. The van der Waals surface area contributed by atoms with Gasteiger partial charge in [0.15, 0.2) is 21.5 Å². The SMILES string of the molecule is CNC(=O)CO/N=C1\C(O[SiH](C)C)[C@H](C(C)(C)C)CN1C(=O)OCc1ccc([N+](=O)[O-])cc1. The molecule has 0 bridgehead atoms. The Kier molecular flexibility index (Phi) is 8.94. The highest BCUT2D eigenvalue weighted by molar-refractivity contribution is 6.48. The number of likely N-dealkylation sites (N-methyl/N-ethyl adjacent to an activating group) is 1. The Morgan fingerprint density at radius 2 is 1.91 bits per heavy atom. The molecule has 1 aromatic carbocycles. The zero-order valence-corrected chi connectivity index (χ0v) is 21.0. The number of likely N-dealkylation sites (tertiary alicyclic amines) is 1. The molecular formula is C21H32N4O7Si. The highest BCUT2D eigenvalue weighted by Gasteiger charge is 2.48. The van der Waals surface area contributed by atoms with Crippen molar-refractivity contribution in [3.8, 4) is 0 Å². The average Bonchev–Trinajstić information content (AvgIpc) is 3.10. The Morgan fingerprint density at radius 3 is 2.42 bits per heavy atom. The van der Waals surface area contributed by atoms with Gasteiger partial charge in [-0.2, -0.15) is 0 Å². The van der Waals surface area contributed by atoms with E-state index < -0.39 is 26.2 Å². The molecule has 1 unspecified atom stereocenters. The van der Waals surface area contributed by atoms with Crippen molar-refractivity contribution in [2.45, 2.75) is 46.6 Å². The van der Waals surface area contributed by atoms with E-state index in [2.05, 4.69) is 31.2 Å². The molecule has 1 saturated heterocycles. The van der Waals surface area contributed by atoms with Gasteiger partial charge in [0.05, 0.1) is 4.92 Å². The third-order valence-electron chi connectivity index (χ3n) is 5.17.